The zero-order valence-electron chi connectivity index (χ0n) is 14.2. The monoisotopic (exact) mass is 320 g/mol. The lowest BCUT2D eigenvalue weighted by Gasteiger charge is -2.33. The molecule has 0 spiro atoms. The Balaban J connectivity index is 1.75. The van der Waals surface area contributed by atoms with Gasteiger partial charge in [-0.3, -0.25) is 0 Å². The fourth-order valence-corrected chi connectivity index (χ4v) is 2.69. The minimum Gasteiger partial charge on any atom is -0.445 e. The molecule has 1 atom stereocenters. The van der Waals surface area contributed by atoms with Gasteiger partial charge >= 0.3 is 6.09 Å². The normalized spacial score (nSPS) is 18.2. The van der Waals surface area contributed by atoms with Crippen LogP contribution in [0.25, 0.3) is 0 Å². The second-order valence-corrected chi connectivity index (χ2v) is 5.90. The fraction of sp³-hybridized carbons (Fsp3) is 0.611. The van der Waals surface area contributed by atoms with Crippen LogP contribution in [0.3, 0.4) is 0 Å². The van der Waals surface area contributed by atoms with Crippen molar-refractivity contribution < 1.29 is 14.3 Å². The maximum absolute atomic E-state index is 12.2. The molecule has 1 N–H and O–H groups in total. The number of benzene rings is 1. The average molecular weight is 320 g/mol. The summed E-state index contributed by atoms with van der Waals surface area (Å²) in [7, 11) is 0. The first kappa shape index (κ1) is 17.8. The summed E-state index contributed by atoms with van der Waals surface area (Å²) in [6.45, 7) is 7.18. The van der Waals surface area contributed by atoms with E-state index < -0.39 is 0 Å². The first-order valence-corrected chi connectivity index (χ1v) is 8.53. The molecule has 0 saturated carbocycles. The zero-order chi connectivity index (χ0) is 16.5. The second-order valence-electron chi connectivity index (χ2n) is 5.90. The van der Waals surface area contributed by atoms with Gasteiger partial charge in [-0.1, -0.05) is 44.2 Å². The lowest BCUT2D eigenvalue weighted by Crippen LogP contribution is -2.50. The molecule has 0 radical (unpaired) electrons. The molecule has 5 heteroatoms. The van der Waals surface area contributed by atoms with E-state index in [0.717, 1.165) is 24.9 Å². The van der Waals surface area contributed by atoms with Crippen LogP contribution in [0.5, 0.6) is 0 Å². The van der Waals surface area contributed by atoms with Gasteiger partial charge < -0.3 is 19.7 Å². The Morgan fingerprint density at radius 1 is 1.35 bits per heavy atom. The summed E-state index contributed by atoms with van der Waals surface area (Å²) < 4.78 is 11.1. The minimum atomic E-state index is -0.260. The molecule has 1 aliphatic heterocycles. The zero-order valence-corrected chi connectivity index (χ0v) is 14.2. The van der Waals surface area contributed by atoms with Crippen molar-refractivity contribution in [3.8, 4) is 0 Å². The molecule has 0 bridgehead atoms. The second kappa shape index (κ2) is 9.53. The molecule has 23 heavy (non-hydrogen) atoms. The Bertz CT molecular complexity index is 463. The quantitative estimate of drug-likeness (QED) is 0.839. The summed E-state index contributed by atoms with van der Waals surface area (Å²) in [6, 6.07) is 10.3. The summed E-state index contributed by atoms with van der Waals surface area (Å²) in [5.74, 6) is 0. The van der Waals surface area contributed by atoms with Crippen LogP contribution >= 0.6 is 0 Å². The predicted molar refractivity (Wildman–Crippen MR) is 90.3 cm³/mol. The van der Waals surface area contributed by atoms with Gasteiger partial charge in [0.1, 0.15) is 6.61 Å². The van der Waals surface area contributed by atoms with E-state index in [1.165, 1.54) is 0 Å². The smallest absolute Gasteiger partial charge is 0.410 e. The molecule has 5 nitrogen and oxygen atoms in total. The molecule has 1 unspecified atom stereocenters. The molecular formula is C18H28N2O3. The summed E-state index contributed by atoms with van der Waals surface area (Å²) in [5, 5.41) is 3.50. The summed E-state index contributed by atoms with van der Waals surface area (Å²) in [6.07, 6.45) is 1.98. The summed E-state index contributed by atoms with van der Waals surface area (Å²) in [5.41, 5.74) is 1.00. The van der Waals surface area contributed by atoms with Crippen molar-refractivity contribution in [3.05, 3.63) is 35.9 Å². The van der Waals surface area contributed by atoms with Gasteiger partial charge in [0.25, 0.3) is 0 Å². The molecule has 1 fully saturated rings. The van der Waals surface area contributed by atoms with Crippen molar-refractivity contribution in [2.75, 3.05) is 26.2 Å². The number of morpholine rings is 1. The Labute approximate surface area is 139 Å². The topological polar surface area (TPSA) is 50.8 Å². The number of nitrogens with zero attached hydrogens (tertiary/aromatic N) is 1. The van der Waals surface area contributed by atoms with Gasteiger partial charge in [-0.05, 0) is 18.4 Å². The molecule has 0 aromatic heterocycles. The number of hydrogen-bond acceptors (Lipinski definition) is 4. The van der Waals surface area contributed by atoms with Crippen LogP contribution < -0.4 is 5.32 Å². The standard InChI is InChI=1S/C18H28N2O3/c1-3-16(4-2)19-12-17-13-20(10-11-22-17)18(21)23-14-15-8-6-5-7-9-15/h5-9,16-17,19H,3-4,10-14H2,1-2H3. The third-order valence-corrected chi connectivity index (χ3v) is 4.22. The highest BCUT2D eigenvalue weighted by atomic mass is 16.6. The Morgan fingerprint density at radius 2 is 2.09 bits per heavy atom. The van der Waals surface area contributed by atoms with Crippen LogP contribution in [0.1, 0.15) is 32.3 Å². The van der Waals surface area contributed by atoms with Crippen LogP contribution in [0.15, 0.2) is 30.3 Å². The van der Waals surface area contributed by atoms with E-state index in [-0.39, 0.29) is 12.2 Å². The molecule has 0 aliphatic carbocycles. The van der Waals surface area contributed by atoms with E-state index in [2.05, 4.69) is 19.2 Å². The average Bonchev–Trinajstić information content (AvgIpc) is 2.61. The number of hydrogen-bond donors (Lipinski definition) is 1. The van der Waals surface area contributed by atoms with Crippen molar-refractivity contribution in [1.29, 1.82) is 0 Å². The van der Waals surface area contributed by atoms with Gasteiger partial charge in [-0.15, -0.1) is 0 Å². The van der Waals surface area contributed by atoms with Crippen LogP contribution in [-0.2, 0) is 16.1 Å². The van der Waals surface area contributed by atoms with Crippen molar-refractivity contribution in [1.82, 2.24) is 10.2 Å². The van der Waals surface area contributed by atoms with Crippen LogP contribution in [0.2, 0.25) is 0 Å². The Hall–Kier alpha value is -1.59. The van der Waals surface area contributed by atoms with Crippen molar-refractivity contribution >= 4 is 6.09 Å². The van der Waals surface area contributed by atoms with E-state index in [1.807, 2.05) is 30.3 Å². The van der Waals surface area contributed by atoms with Gasteiger partial charge in [0.05, 0.1) is 19.3 Å². The van der Waals surface area contributed by atoms with Gasteiger partial charge in [0, 0.05) is 19.1 Å². The molecule has 2 rings (SSSR count). The van der Waals surface area contributed by atoms with Crippen molar-refractivity contribution in [3.63, 3.8) is 0 Å². The van der Waals surface area contributed by atoms with Gasteiger partial charge in [0.15, 0.2) is 0 Å². The lowest BCUT2D eigenvalue weighted by atomic mass is 10.1. The molecule has 128 valence electrons. The highest BCUT2D eigenvalue weighted by Crippen LogP contribution is 2.09. The minimum absolute atomic E-state index is 0.0358. The number of nitrogens with one attached hydrogen (secondary N) is 1. The van der Waals surface area contributed by atoms with E-state index in [9.17, 15) is 4.79 Å². The van der Waals surface area contributed by atoms with E-state index in [4.69, 9.17) is 9.47 Å². The Kier molecular flexibility index (Phi) is 7.36. The van der Waals surface area contributed by atoms with E-state index >= 15 is 0 Å². The number of carbonyl (C=O) groups is 1. The first-order chi connectivity index (χ1) is 11.2. The van der Waals surface area contributed by atoms with E-state index in [1.54, 1.807) is 4.90 Å². The largest absolute Gasteiger partial charge is 0.445 e. The maximum Gasteiger partial charge on any atom is 0.410 e. The molecule has 1 aromatic rings. The number of ether oxygens (including phenoxy) is 2. The fourth-order valence-electron chi connectivity index (χ4n) is 2.69. The summed E-state index contributed by atoms with van der Waals surface area (Å²) >= 11 is 0. The number of amides is 1. The maximum atomic E-state index is 12.2. The highest BCUT2D eigenvalue weighted by Gasteiger charge is 2.25. The van der Waals surface area contributed by atoms with E-state index in [0.29, 0.717) is 32.3 Å². The third-order valence-electron chi connectivity index (χ3n) is 4.22. The molecule has 1 aromatic carbocycles. The number of rotatable bonds is 7. The van der Waals surface area contributed by atoms with Gasteiger partial charge in [0.2, 0.25) is 0 Å². The van der Waals surface area contributed by atoms with Crippen molar-refractivity contribution in [2.24, 2.45) is 0 Å². The predicted octanol–water partition coefficient (Wildman–Crippen LogP) is 2.80. The highest BCUT2D eigenvalue weighted by molar-refractivity contribution is 5.67. The van der Waals surface area contributed by atoms with Crippen molar-refractivity contribution in [2.45, 2.75) is 45.4 Å². The van der Waals surface area contributed by atoms with Crippen LogP contribution in [-0.4, -0.2) is 49.4 Å². The van der Waals surface area contributed by atoms with Crippen LogP contribution in [0.4, 0.5) is 4.79 Å². The summed E-state index contributed by atoms with van der Waals surface area (Å²) in [4.78, 5) is 13.9. The molecule has 1 heterocycles. The number of carbonyl (C=O) groups excluding carboxylic acids is 1. The molecule has 1 saturated heterocycles. The van der Waals surface area contributed by atoms with Gasteiger partial charge in [-0.25, -0.2) is 4.79 Å². The SMILES string of the molecule is CCC(CC)NCC1CN(C(=O)OCc2ccccc2)CCO1. The van der Waals surface area contributed by atoms with Crippen LogP contribution in [0, 0.1) is 0 Å². The molecular weight excluding hydrogens is 292 g/mol. The first-order valence-electron chi connectivity index (χ1n) is 8.53. The van der Waals surface area contributed by atoms with Gasteiger partial charge in [-0.2, -0.15) is 0 Å². The molecule has 1 aliphatic rings. The third kappa shape index (κ3) is 5.84. The lowest BCUT2D eigenvalue weighted by molar-refractivity contribution is -0.0280. The molecule has 1 amide bonds. The Morgan fingerprint density at radius 3 is 2.78 bits per heavy atom.